The Morgan fingerprint density at radius 2 is 2.13 bits per heavy atom. The van der Waals surface area contributed by atoms with Crippen molar-refractivity contribution < 1.29 is 14.6 Å². The number of aromatic nitrogens is 1. The minimum Gasteiger partial charge on any atom is -0.494 e. The van der Waals surface area contributed by atoms with E-state index in [1.165, 1.54) is 16.6 Å². The van der Waals surface area contributed by atoms with Crippen LogP contribution in [0.4, 0.5) is 0 Å². The Labute approximate surface area is 177 Å². The Bertz CT molecular complexity index is 1250. The van der Waals surface area contributed by atoms with E-state index in [1.54, 1.807) is 24.5 Å². The number of carboxylic acids is 1. The van der Waals surface area contributed by atoms with E-state index in [2.05, 4.69) is 13.0 Å². The zero-order valence-corrected chi connectivity index (χ0v) is 17.8. The lowest BCUT2D eigenvalue weighted by molar-refractivity contribution is 0.0695. The van der Waals surface area contributed by atoms with Crippen LogP contribution in [0.15, 0.2) is 29.2 Å². The number of methoxy groups -OCH3 is 1. The van der Waals surface area contributed by atoms with Crippen LogP contribution >= 0.6 is 11.3 Å². The van der Waals surface area contributed by atoms with Crippen LogP contribution in [0.2, 0.25) is 0 Å². The molecule has 0 bridgehead atoms. The third kappa shape index (κ3) is 2.87. The molecular formula is C23H24N2O4S. The van der Waals surface area contributed by atoms with E-state index in [0.717, 1.165) is 42.5 Å². The maximum atomic E-state index is 12.9. The monoisotopic (exact) mass is 424 g/mol. The number of nitrogens with zero attached hydrogens (tertiary/aromatic N) is 1. The molecule has 3 aromatic rings. The number of rotatable bonds is 4. The van der Waals surface area contributed by atoms with Gasteiger partial charge in [-0.15, -0.1) is 11.3 Å². The second-order valence-electron chi connectivity index (χ2n) is 8.58. The second-order valence-corrected chi connectivity index (χ2v) is 9.71. The van der Waals surface area contributed by atoms with Gasteiger partial charge in [-0.25, -0.2) is 4.79 Å². The molecule has 0 spiro atoms. The van der Waals surface area contributed by atoms with E-state index in [4.69, 9.17) is 10.5 Å². The minimum atomic E-state index is -1.20. The summed E-state index contributed by atoms with van der Waals surface area (Å²) in [6, 6.07) is 5.96. The molecule has 3 N–H and O–H groups in total. The zero-order chi connectivity index (χ0) is 21.2. The smallest absolute Gasteiger partial charge is 0.341 e. The van der Waals surface area contributed by atoms with E-state index in [-0.39, 0.29) is 17.1 Å². The van der Waals surface area contributed by atoms with Crippen molar-refractivity contribution >= 4 is 28.2 Å². The Hall–Kier alpha value is -2.64. The fourth-order valence-electron chi connectivity index (χ4n) is 4.59. The summed E-state index contributed by atoms with van der Waals surface area (Å²) < 4.78 is 7.76. The lowest BCUT2D eigenvalue weighted by Gasteiger charge is -2.29. The van der Waals surface area contributed by atoms with Gasteiger partial charge in [0.15, 0.2) is 5.75 Å². The highest BCUT2D eigenvalue weighted by Crippen LogP contribution is 2.47. The van der Waals surface area contributed by atoms with Crippen molar-refractivity contribution in [2.75, 3.05) is 7.11 Å². The molecule has 1 fully saturated rings. The highest BCUT2D eigenvalue weighted by Gasteiger charge is 2.32. The number of aromatic carboxylic acids is 1. The van der Waals surface area contributed by atoms with E-state index >= 15 is 0 Å². The van der Waals surface area contributed by atoms with Gasteiger partial charge in [0.1, 0.15) is 5.56 Å². The van der Waals surface area contributed by atoms with E-state index in [9.17, 15) is 14.7 Å². The van der Waals surface area contributed by atoms with Crippen LogP contribution in [-0.4, -0.2) is 22.8 Å². The summed E-state index contributed by atoms with van der Waals surface area (Å²) in [7, 11) is 1.60. The molecule has 0 amide bonds. The lowest BCUT2D eigenvalue weighted by atomic mass is 9.82. The number of ether oxygens (including phenoxy) is 1. The Morgan fingerprint density at radius 1 is 1.37 bits per heavy atom. The van der Waals surface area contributed by atoms with Gasteiger partial charge in [0.05, 0.1) is 18.0 Å². The van der Waals surface area contributed by atoms with Gasteiger partial charge < -0.3 is 20.1 Å². The lowest BCUT2D eigenvalue weighted by Crippen LogP contribution is -2.35. The molecule has 156 valence electrons. The molecule has 30 heavy (non-hydrogen) atoms. The maximum absolute atomic E-state index is 12.9. The zero-order valence-electron chi connectivity index (χ0n) is 17.0. The quantitative estimate of drug-likeness (QED) is 0.652. The number of nitrogens with two attached hydrogens (primary N) is 1. The van der Waals surface area contributed by atoms with Gasteiger partial charge in [0, 0.05) is 33.1 Å². The summed E-state index contributed by atoms with van der Waals surface area (Å²) in [6.07, 6.45) is 6.47. The number of thiophene rings is 1. The van der Waals surface area contributed by atoms with Crippen molar-refractivity contribution in [1.82, 2.24) is 4.57 Å². The van der Waals surface area contributed by atoms with Crippen LogP contribution in [0, 0.1) is 0 Å². The second kappa shape index (κ2) is 6.68. The highest BCUT2D eigenvalue weighted by molar-refractivity contribution is 7.15. The van der Waals surface area contributed by atoms with E-state index in [1.807, 2.05) is 10.6 Å². The van der Waals surface area contributed by atoms with Gasteiger partial charge in [0.2, 0.25) is 5.43 Å². The standard InChI is InChI=1S/C23H24N2O4S/c1-23(24)9-3-4-17-16(23)10-18(30-17)13-7-8-14-19(21(13)29-2)25(12-5-6-12)11-15(20(14)26)22(27)28/h7-8,10-12H,3-6,9,24H2,1-2H3,(H,27,28). The third-order valence-corrected chi connectivity index (χ3v) is 7.54. The average molecular weight is 425 g/mol. The molecule has 2 heterocycles. The topological polar surface area (TPSA) is 94.6 Å². The maximum Gasteiger partial charge on any atom is 0.341 e. The van der Waals surface area contributed by atoms with Gasteiger partial charge in [-0.2, -0.15) is 0 Å². The van der Waals surface area contributed by atoms with Gasteiger partial charge >= 0.3 is 5.97 Å². The molecule has 2 aliphatic carbocycles. The number of hydrogen-bond acceptors (Lipinski definition) is 5. The molecular weight excluding hydrogens is 400 g/mol. The van der Waals surface area contributed by atoms with Gasteiger partial charge in [-0.3, -0.25) is 4.79 Å². The first-order valence-electron chi connectivity index (χ1n) is 10.2. The molecule has 7 heteroatoms. The molecule has 2 aromatic heterocycles. The molecule has 1 aromatic carbocycles. The van der Waals surface area contributed by atoms with Crippen molar-refractivity contribution in [1.29, 1.82) is 0 Å². The third-order valence-electron chi connectivity index (χ3n) is 6.31. The fourth-order valence-corrected chi connectivity index (χ4v) is 5.95. The minimum absolute atomic E-state index is 0.194. The number of carbonyl (C=O) groups is 1. The summed E-state index contributed by atoms with van der Waals surface area (Å²) in [5, 5.41) is 9.88. The summed E-state index contributed by atoms with van der Waals surface area (Å²) in [5.41, 5.74) is 8.33. The molecule has 1 saturated carbocycles. The summed E-state index contributed by atoms with van der Waals surface area (Å²) in [5.74, 6) is -0.585. The highest BCUT2D eigenvalue weighted by atomic mass is 32.1. The Balaban J connectivity index is 1.79. The number of benzene rings is 1. The average Bonchev–Trinajstić information content (AvgIpc) is 3.45. The first-order chi connectivity index (χ1) is 14.3. The summed E-state index contributed by atoms with van der Waals surface area (Å²) in [4.78, 5) is 26.9. The normalized spacial score (nSPS) is 20.9. The molecule has 2 aliphatic rings. The van der Waals surface area contributed by atoms with Crippen molar-refractivity contribution in [3.05, 3.63) is 50.6 Å². The van der Waals surface area contributed by atoms with Gasteiger partial charge in [0.25, 0.3) is 0 Å². The first kappa shape index (κ1) is 19.3. The number of hydrogen-bond donors (Lipinski definition) is 2. The molecule has 0 aliphatic heterocycles. The Kier molecular flexibility index (Phi) is 4.31. The van der Waals surface area contributed by atoms with E-state index in [0.29, 0.717) is 16.7 Å². The predicted molar refractivity (Wildman–Crippen MR) is 118 cm³/mol. The molecule has 1 unspecified atom stereocenters. The summed E-state index contributed by atoms with van der Waals surface area (Å²) in [6.45, 7) is 2.08. The molecule has 0 radical (unpaired) electrons. The van der Waals surface area contributed by atoms with Crippen LogP contribution in [0.5, 0.6) is 5.75 Å². The first-order valence-corrected chi connectivity index (χ1v) is 11.0. The number of aryl methyl sites for hydroxylation is 1. The number of fused-ring (bicyclic) bond motifs is 2. The van der Waals surface area contributed by atoms with Crippen molar-refractivity contribution in [3.8, 4) is 16.2 Å². The van der Waals surface area contributed by atoms with Crippen molar-refractivity contribution in [3.63, 3.8) is 0 Å². The molecule has 6 nitrogen and oxygen atoms in total. The molecule has 0 saturated heterocycles. The van der Waals surface area contributed by atoms with Crippen LogP contribution in [0.25, 0.3) is 21.3 Å². The fraction of sp³-hybridized carbons (Fsp3) is 0.391. The number of pyridine rings is 1. The SMILES string of the molecule is COc1c(-c2cc3c(s2)CCCC3(C)N)ccc2c(=O)c(C(=O)O)cn(C3CC3)c12. The Morgan fingerprint density at radius 3 is 2.77 bits per heavy atom. The molecule has 1 atom stereocenters. The predicted octanol–water partition coefficient (Wildman–Crippen LogP) is 4.28. The van der Waals surface area contributed by atoms with Crippen LogP contribution < -0.4 is 15.9 Å². The van der Waals surface area contributed by atoms with Crippen LogP contribution in [-0.2, 0) is 12.0 Å². The van der Waals surface area contributed by atoms with E-state index < -0.39 is 11.4 Å². The summed E-state index contributed by atoms with van der Waals surface area (Å²) >= 11 is 1.73. The van der Waals surface area contributed by atoms with Crippen LogP contribution in [0.1, 0.15) is 59.4 Å². The van der Waals surface area contributed by atoms with Crippen molar-refractivity contribution in [2.45, 2.75) is 50.6 Å². The number of carboxylic acid groups (broad SMARTS) is 1. The van der Waals surface area contributed by atoms with Crippen LogP contribution in [0.3, 0.4) is 0 Å². The van der Waals surface area contributed by atoms with Crippen molar-refractivity contribution in [2.24, 2.45) is 5.73 Å². The van der Waals surface area contributed by atoms with Gasteiger partial charge in [-0.05, 0) is 62.8 Å². The van der Waals surface area contributed by atoms with Gasteiger partial charge in [-0.1, -0.05) is 0 Å². The molecule has 5 rings (SSSR count). The largest absolute Gasteiger partial charge is 0.494 e.